The third kappa shape index (κ3) is 14.6. The van der Waals surface area contributed by atoms with Crippen LogP contribution in [0.25, 0.3) is 0 Å². The Balaban J connectivity index is 0.000000248. The first kappa shape index (κ1) is 72.2. The SMILES string of the molecule is CCNC(=O)c1ccc(COC(=O)CC[C@H](C)C2CCC3C4C(CC[C@@]32C)[C@@]2(C)CC[C@@H](O)C[C@H]2C[C@H]4O)c([N+](=O)[O-])c1.CCNC(=O)c1ccc(COC(=O)CC[C@H](C)C2CCC3C4C(CC[C@@]32C)[C@@]2(C)CC[C@@H](OC)C[C@H]2C[C@H]4O)c([N+](=O)[O-])c1.P.P. The third-order valence-corrected chi connectivity index (χ3v) is 25.3. The maximum absolute atomic E-state index is 12.8. The number of fused-ring (bicyclic) bond motifs is 10. The van der Waals surface area contributed by atoms with Crippen molar-refractivity contribution in [3.05, 3.63) is 78.9 Å². The monoisotopic (exact) mass is 1280 g/mol. The summed E-state index contributed by atoms with van der Waals surface area (Å²) in [6.45, 7) is 18.3. The minimum Gasteiger partial charge on any atom is -0.461 e. The van der Waals surface area contributed by atoms with Crippen molar-refractivity contribution in [2.75, 3.05) is 20.2 Å². The highest BCUT2D eigenvalue weighted by atomic mass is 31.0. The van der Waals surface area contributed by atoms with E-state index in [4.69, 9.17) is 14.2 Å². The molecule has 2 aromatic carbocycles. The van der Waals surface area contributed by atoms with Crippen molar-refractivity contribution in [2.45, 2.75) is 221 Å². The van der Waals surface area contributed by atoms with Crippen LogP contribution in [0.1, 0.15) is 216 Å². The molecule has 0 aromatic heterocycles. The number of nitrogens with zero attached hydrogens (tertiary/aromatic N) is 2. The standard InChI is InChI=1S/C35H52N2O7.C34H50N2O7.2H3P/c1-6-36-33(40)22-8-9-23(29(17-22)37(41)42)20-44-31(39)12-7-21(2)26-10-11-27-32-28(14-16-35(26,27)4)34(3)15-13-25(43-5)18-24(34)19-30(32)38;1-5-35-32(40)21-7-8-22(28(16-21)36(41)42)19-43-30(39)11-6-20(2)25-9-10-26-31-27(13-15-34(25,26)4)33(3)14-12-24(37)17-23(33)18-29(31)38;;/h8-9,17,21,24-28,30,32,38H,6-7,10-16,18-20H2,1-5H3,(H,36,40);7-8,16,20,23-27,29,31,37-38H,5-6,9-15,17-19H2,1-4H3,(H,35,40);2*1H3/t21-,24-,25+,26?,27?,28?,30+,32?,34-,35+;20-,23-,24+,25?,26?,27?,29+,31?,33-,34+;;/m00../s1. The highest BCUT2D eigenvalue weighted by molar-refractivity contribution is 6.92. The number of hydrogen-bond acceptors (Lipinski definition) is 14. The number of methoxy groups -OCH3 is 1. The van der Waals surface area contributed by atoms with E-state index in [9.17, 15) is 54.7 Å². The van der Waals surface area contributed by atoms with E-state index in [1.165, 1.54) is 55.7 Å². The molecule has 8 fully saturated rings. The van der Waals surface area contributed by atoms with Crippen LogP contribution in [-0.2, 0) is 37.0 Å². The Hall–Kier alpha value is -4.18. The molecule has 5 N–H and O–H groups in total. The maximum Gasteiger partial charge on any atom is 0.306 e. The largest absolute Gasteiger partial charge is 0.461 e. The van der Waals surface area contributed by atoms with Crippen LogP contribution < -0.4 is 10.6 Å². The second-order valence-electron chi connectivity index (χ2n) is 29.4. The average Bonchev–Trinajstić information content (AvgIpc) is 1.74. The molecule has 2 aromatic rings. The van der Waals surface area contributed by atoms with Crippen LogP contribution in [0.3, 0.4) is 0 Å². The topological polar surface area (TPSA) is 267 Å². The van der Waals surface area contributed by atoms with Crippen molar-refractivity contribution in [3.63, 3.8) is 0 Å². The van der Waals surface area contributed by atoms with Gasteiger partial charge < -0.3 is 40.2 Å². The van der Waals surface area contributed by atoms with E-state index in [-0.39, 0.29) is 143 Å². The van der Waals surface area contributed by atoms with Gasteiger partial charge in [-0.05, 0) is 246 Å². The highest BCUT2D eigenvalue weighted by Crippen LogP contribution is 2.70. The smallest absolute Gasteiger partial charge is 0.306 e. The summed E-state index contributed by atoms with van der Waals surface area (Å²) in [5, 5.41) is 61.9. The van der Waals surface area contributed by atoms with Gasteiger partial charge in [0.2, 0.25) is 0 Å². The minimum absolute atomic E-state index is 0. The van der Waals surface area contributed by atoms with Crippen molar-refractivity contribution in [1.29, 1.82) is 0 Å². The molecular weight excluding hydrogens is 1170 g/mol. The Morgan fingerprint density at radius 2 is 0.966 bits per heavy atom. The lowest BCUT2D eigenvalue weighted by Gasteiger charge is -2.62. The van der Waals surface area contributed by atoms with E-state index in [0.29, 0.717) is 103 Å². The predicted octanol–water partition coefficient (Wildman–Crippen LogP) is 12.4. The lowest BCUT2D eigenvalue weighted by Crippen LogP contribution is -2.58. The Labute approximate surface area is 535 Å². The van der Waals surface area contributed by atoms with Gasteiger partial charge in [-0.15, -0.1) is 0 Å². The van der Waals surface area contributed by atoms with Crippen LogP contribution in [-0.4, -0.2) is 93.5 Å². The van der Waals surface area contributed by atoms with Crippen LogP contribution in [0.5, 0.6) is 0 Å². The first-order valence-electron chi connectivity index (χ1n) is 33.3. The van der Waals surface area contributed by atoms with Gasteiger partial charge in [-0.1, -0.05) is 41.5 Å². The Kier molecular flexibility index (Phi) is 24.2. The first-order valence-corrected chi connectivity index (χ1v) is 33.3. The quantitative estimate of drug-likeness (QED) is 0.0379. The van der Waals surface area contributed by atoms with Gasteiger partial charge in [0.25, 0.3) is 23.2 Å². The zero-order valence-electron chi connectivity index (χ0n) is 54.8. The number of hydrogen-bond donors (Lipinski definition) is 5. The summed E-state index contributed by atoms with van der Waals surface area (Å²) < 4.78 is 16.7. The minimum atomic E-state index is -0.554. The summed E-state index contributed by atoms with van der Waals surface area (Å²) in [6.07, 6.45) is 18.4. The summed E-state index contributed by atoms with van der Waals surface area (Å²) in [7, 11) is 1.82. The zero-order valence-corrected chi connectivity index (χ0v) is 57.6. The summed E-state index contributed by atoms with van der Waals surface area (Å²) >= 11 is 0. The molecule has 0 saturated heterocycles. The molecule has 22 atom stereocenters. The highest BCUT2D eigenvalue weighted by Gasteiger charge is 2.65. The number of amides is 2. The van der Waals surface area contributed by atoms with Gasteiger partial charge in [-0.2, -0.15) is 19.8 Å². The molecule has 0 bridgehead atoms. The lowest BCUT2D eigenvalue weighted by atomic mass is 9.43. The number of nitro benzene ring substituents is 2. The second kappa shape index (κ2) is 29.8. The van der Waals surface area contributed by atoms with Crippen molar-refractivity contribution in [1.82, 2.24) is 10.6 Å². The maximum atomic E-state index is 12.8. The van der Waals surface area contributed by atoms with Crippen LogP contribution in [0.2, 0.25) is 0 Å². The van der Waals surface area contributed by atoms with Gasteiger partial charge in [-0.25, -0.2) is 0 Å². The normalized spacial score (nSPS) is 36.3. The molecule has 10 unspecified atom stereocenters. The number of aliphatic hydroxyl groups excluding tert-OH is 3. The number of carbonyl (C=O) groups is 4. The molecule has 498 valence electrons. The van der Waals surface area contributed by atoms with Crippen molar-refractivity contribution in [3.8, 4) is 0 Å². The van der Waals surface area contributed by atoms with Crippen molar-refractivity contribution < 1.29 is 58.6 Å². The molecule has 0 spiro atoms. The average molecular weight is 1280 g/mol. The van der Waals surface area contributed by atoms with E-state index in [1.54, 1.807) is 13.8 Å². The molecule has 10 rings (SSSR count). The van der Waals surface area contributed by atoms with E-state index >= 15 is 0 Å². The second-order valence-corrected chi connectivity index (χ2v) is 29.4. The number of rotatable bonds is 19. The van der Waals surface area contributed by atoms with Crippen LogP contribution in [0.15, 0.2) is 36.4 Å². The molecule has 89 heavy (non-hydrogen) atoms. The number of ether oxygens (including phenoxy) is 3. The van der Waals surface area contributed by atoms with E-state index < -0.39 is 9.85 Å². The molecule has 20 heteroatoms. The van der Waals surface area contributed by atoms with Crippen LogP contribution in [0.4, 0.5) is 11.4 Å². The summed E-state index contributed by atoms with van der Waals surface area (Å²) in [5.74, 6) is 3.77. The number of benzene rings is 2. The van der Waals surface area contributed by atoms with Gasteiger partial charge >= 0.3 is 11.9 Å². The number of carbonyl (C=O) groups excluding carboxylic acids is 4. The predicted molar refractivity (Wildman–Crippen MR) is 351 cm³/mol. The Morgan fingerprint density at radius 3 is 1.37 bits per heavy atom. The molecule has 8 aliphatic rings. The first-order chi connectivity index (χ1) is 41.3. The van der Waals surface area contributed by atoms with Crippen molar-refractivity contribution in [2.24, 2.45) is 92.7 Å². The summed E-state index contributed by atoms with van der Waals surface area (Å²) in [5.41, 5.74) is 1.24. The fourth-order valence-electron chi connectivity index (χ4n) is 20.6. The summed E-state index contributed by atoms with van der Waals surface area (Å²) in [4.78, 5) is 71.9. The van der Waals surface area contributed by atoms with E-state index in [0.717, 1.165) is 83.5 Å². The van der Waals surface area contributed by atoms with Gasteiger partial charge in [-0.3, -0.25) is 39.4 Å². The molecule has 0 radical (unpaired) electrons. The van der Waals surface area contributed by atoms with E-state index in [1.807, 2.05) is 7.11 Å². The third-order valence-electron chi connectivity index (χ3n) is 25.3. The molecule has 18 nitrogen and oxygen atoms in total. The molecule has 0 heterocycles. The van der Waals surface area contributed by atoms with Crippen LogP contribution >= 0.6 is 19.8 Å². The number of aliphatic hydroxyl groups is 3. The molecule has 8 aliphatic carbocycles. The molecule has 2 amide bonds. The van der Waals surface area contributed by atoms with E-state index in [2.05, 4.69) is 52.2 Å². The van der Waals surface area contributed by atoms with Gasteiger partial charge in [0.15, 0.2) is 0 Å². The Bertz CT molecular complexity index is 2850. The van der Waals surface area contributed by atoms with Crippen LogP contribution in [0, 0.1) is 113 Å². The molecular formula is C69H108N4O14P2. The lowest BCUT2D eigenvalue weighted by molar-refractivity contribution is -0.386. The number of nitro groups is 2. The zero-order chi connectivity index (χ0) is 62.9. The van der Waals surface area contributed by atoms with Gasteiger partial charge in [0.05, 0.1) is 45.4 Å². The summed E-state index contributed by atoms with van der Waals surface area (Å²) in [6, 6.07) is 8.45. The number of nitrogens with one attached hydrogen (secondary N) is 2. The molecule has 0 aliphatic heterocycles. The van der Waals surface area contributed by atoms with Gasteiger partial charge in [0, 0.05) is 56.3 Å². The fourth-order valence-corrected chi connectivity index (χ4v) is 20.6. The molecule has 8 saturated carbocycles. The Morgan fingerprint density at radius 1 is 0.573 bits per heavy atom. The van der Waals surface area contributed by atoms with Gasteiger partial charge in [0.1, 0.15) is 13.2 Å². The van der Waals surface area contributed by atoms with Crippen molar-refractivity contribution >= 4 is 54.9 Å². The number of esters is 2. The fraction of sp³-hybridized carbons (Fsp3) is 0.768.